The van der Waals surface area contributed by atoms with Crippen LogP contribution in [0.25, 0.3) is 34.2 Å². The maximum Gasteiger partial charge on any atom is 0.328 e. The quantitative estimate of drug-likeness (QED) is 0.405. The predicted molar refractivity (Wildman–Crippen MR) is 136 cm³/mol. The van der Waals surface area contributed by atoms with Crippen LogP contribution in [0.2, 0.25) is 0 Å². The highest BCUT2D eigenvalue weighted by molar-refractivity contribution is 5.94. The fraction of sp³-hybridized carbons (Fsp3) is 0.296. The van der Waals surface area contributed by atoms with E-state index in [-0.39, 0.29) is 17.5 Å². The highest BCUT2D eigenvalue weighted by Gasteiger charge is 2.26. The lowest BCUT2D eigenvalue weighted by molar-refractivity contribution is -0.131. The van der Waals surface area contributed by atoms with Crippen molar-refractivity contribution in [2.75, 3.05) is 6.54 Å². The van der Waals surface area contributed by atoms with E-state index in [0.29, 0.717) is 34.8 Å². The second-order valence-electron chi connectivity index (χ2n) is 9.34. The van der Waals surface area contributed by atoms with Gasteiger partial charge in [0.1, 0.15) is 11.5 Å². The molecule has 5 rings (SSSR count). The van der Waals surface area contributed by atoms with Crippen LogP contribution < -0.4 is 0 Å². The number of amides is 1. The van der Waals surface area contributed by atoms with Crippen molar-refractivity contribution >= 4 is 23.6 Å². The highest BCUT2D eigenvalue weighted by Crippen LogP contribution is 2.28. The molecule has 1 unspecified atom stereocenters. The maximum atomic E-state index is 15.0. The molecule has 190 valence electrons. The number of carbonyl (C=O) groups is 2. The number of nitrogens with zero attached hydrogens (tertiary/aromatic N) is 6. The molecule has 4 aromatic rings. The van der Waals surface area contributed by atoms with Gasteiger partial charge in [-0.15, -0.1) is 0 Å². The number of fused-ring (bicyclic) bond motifs is 1. The molecule has 1 aliphatic rings. The Labute approximate surface area is 212 Å². The van der Waals surface area contributed by atoms with Gasteiger partial charge in [-0.1, -0.05) is 18.9 Å². The van der Waals surface area contributed by atoms with Crippen molar-refractivity contribution in [3.05, 3.63) is 65.9 Å². The molecule has 0 radical (unpaired) electrons. The van der Waals surface area contributed by atoms with E-state index in [1.54, 1.807) is 46.7 Å². The molecular weight excluding hydrogens is 475 g/mol. The van der Waals surface area contributed by atoms with Crippen molar-refractivity contribution in [3.8, 4) is 22.5 Å². The van der Waals surface area contributed by atoms with Crippen LogP contribution >= 0.6 is 0 Å². The lowest BCUT2D eigenvalue weighted by atomic mass is 10.1. The van der Waals surface area contributed by atoms with E-state index in [9.17, 15) is 9.59 Å². The molecule has 1 fully saturated rings. The smallest absolute Gasteiger partial charge is 0.328 e. The topological polar surface area (TPSA) is 106 Å². The minimum atomic E-state index is -1.11. The number of carboxylic acids is 1. The Bertz CT molecular complexity index is 1520. The van der Waals surface area contributed by atoms with Crippen LogP contribution in [0.3, 0.4) is 0 Å². The summed E-state index contributed by atoms with van der Waals surface area (Å²) in [4.78, 5) is 30.9. The summed E-state index contributed by atoms with van der Waals surface area (Å²) in [5.41, 5.74) is 3.09. The zero-order chi connectivity index (χ0) is 26.1. The Morgan fingerprint density at radius 2 is 2.00 bits per heavy atom. The van der Waals surface area contributed by atoms with E-state index in [4.69, 9.17) is 5.11 Å². The number of rotatable bonds is 5. The number of carbonyl (C=O) groups excluding carboxylic acids is 1. The van der Waals surface area contributed by atoms with Crippen LogP contribution in [0.5, 0.6) is 0 Å². The molecule has 1 saturated heterocycles. The molecule has 1 aromatic carbocycles. The van der Waals surface area contributed by atoms with Gasteiger partial charge in [0.25, 0.3) is 5.91 Å². The molecule has 1 aliphatic heterocycles. The van der Waals surface area contributed by atoms with Crippen molar-refractivity contribution in [1.29, 1.82) is 0 Å². The molecule has 9 nitrogen and oxygen atoms in total. The predicted octanol–water partition coefficient (Wildman–Crippen LogP) is 4.44. The number of halogens is 1. The van der Waals surface area contributed by atoms with Gasteiger partial charge in [-0.05, 0) is 49.6 Å². The summed E-state index contributed by atoms with van der Waals surface area (Å²) < 4.78 is 18.3. The average molecular weight is 503 g/mol. The summed E-state index contributed by atoms with van der Waals surface area (Å²) in [5, 5.41) is 17.7. The summed E-state index contributed by atoms with van der Waals surface area (Å²) in [6.45, 7) is 2.76. The third-order valence-corrected chi connectivity index (χ3v) is 6.65. The van der Waals surface area contributed by atoms with Crippen LogP contribution in [0.15, 0.2) is 48.8 Å². The first-order chi connectivity index (χ1) is 17.8. The summed E-state index contributed by atoms with van der Waals surface area (Å²) in [6, 6.07) is 7.91. The van der Waals surface area contributed by atoms with E-state index in [1.807, 2.05) is 11.1 Å². The molecule has 4 heterocycles. The third kappa shape index (κ3) is 5.00. The van der Waals surface area contributed by atoms with Crippen LogP contribution in [0, 0.1) is 5.82 Å². The monoisotopic (exact) mass is 502 g/mol. The van der Waals surface area contributed by atoms with Crippen LogP contribution in [0.4, 0.5) is 4.39 Å². The molecule has 37 heavy (non-hydrogen) atoms. The van der Waals surface area contributed by atoms with E-state index < -0.39 is 11.8 Å². The SMILES string of the molecule is CC1CCCCCN1C(=O)c1cc(-c2cnn(C)c2)n2nc(-c3ccc(/C=C/C(=O)O)cc3F)cc2n1. The maximum absolute atomic E-state index is 15.0. The number of aromatic nitrogens is 5. The Morgan fingerprint density at radius 3 is 2.73 bits per heavy atom. The summed E-state index contributed by atoms with van der Waals surface area (Å²) >= 11 is 0. The Balaban J connectivity index is 1.60. The van der Waals surface area contributed by atoms with Gasteiger partial charge in [0.2, 0.25) is 0 Å². The molecule has 1 atom stereocenters. The highest BCUT2D eigenvalue weighted by atomic mass is 19.1. The van der Waals surface area contributed by atoms with Gasteiger partial charge in [0.05, 0.1) is 17.6 Å². The zero-order valence-electron chi connectivity index (χ0n) is 20.6. The molecule has 10 heteroatoms. The molecule has 0 bridgehead atoms. The molecule has 0 spiro atoms. The number of benzene rings is 1. The standard InChI is InChI=1S/C27H27FN6O3/c1-17-6-4-3-5-11-33(17)27(37)23-13-24(19-15-29-32(2)16-19)34-25(30-23)14-22(31-34)20-9-7-18(12-21(20)28)8-10-26(35)36/h7-10,12-17H,3-6,11H2,1-2H3,(H,35,36)/b10-8+. The second-order valence-corrected chi connectivity index (χ2v) is 9.34. The minimum Gasteiger partial charge on any atom is -0.478 e. The molecule has 1 N–H and O–H groups in total. The van der Waals surface area contributed by atoms with E-state index in [1.165, 1.54) is 12.1 Å². The molecule has 1 amide bonds. The van der Waals surface area contributed by atoms with Crippen LogP contribution in [-0.4, -0.2) is 58.8 Å². The van der Waals surface area contributed by atoms with Crippen molar-refractivity contribution in [2.24, 2.45) is 7.05 Å². The molecular formula is C27H27FN6O3. The number of hydrogen-bond donors (Lipinski definition) is 1. The normalized spacial score (nSPS) is 16.4. The summed E-state index contributed by atoms with van der Waals surface area (Å²) in [5.74, 6) is -1.79. The van der Waals surface area contributed by atoms with Crippen molar-refractivity contribution in [1.82, 2.24) is 29.3 Å². The van der Waals surface area contributed by atoms with Gasteiger partial charge in [-0.25, -0.2) is 18.7 Å². The molecule has 3 aromatic heterocycles. The largest absolute Gasteiger partial charge is 0.478 e. The molecule has 0 aliphatic carbocycles. The van der Waals surface area contributed by atoms with Gasteiger partial charge in [-0.3, -0.25) is 9.48 Å². The average Bonchev–Trinajstić information content (AvgIpc) is 3.43. The van der Waals surface area contributed by atoms with Gasteiger partial charge in [0.15, 0.2) is 5.65 Å². The molecule has 0 saturated carbocycles. The van der Waals surface area contributed by atoms with Gasteiger partial charge < -0.3 is 10.0 Å². The van der Waals surface area contributed by atoms with Crippen LogP contribution in [0.1, 0.15) is 48.7 Å². The van der Waals surface area contributed by atoms with E-state index in [0.717, 1.165) is 37.3 Å². The van der Waals surface area contributed by atoms with E-state index in [2.05, 4.69) is 22.1 Å². The van der Waals surface area contributed by atoms with E-state index >= 15 is 4.39 Å². The number of aliphatic carboxylic acids is 1. The fourth-order valence-electron chi connectivity index (χ4n) is 4.71. The summed E-state index contributed by atoms with van der Waals surface area (Å²) in [6.07, 6.45) is 9.89. The first kappa shape index (κ1) is 24.4. The van der Waals surface area contributed by atoms with Crippen molar-refractivity contribution < 1.29 is 19.1 Å². The number of hydrogen-bond acceptors (Lipinski definition) is 5. The number of carboxylic acid groups (broad SMARTS) is 1. The van der Waals surface area contributed by atoms with Crippen LogP contribution in [-0.2, 0) is 11.8 Å². The van der Waals surface area contributed by atoms with Gasteiger partial charge in [-0.2, -0.15) is 10.2 Å². The van der Waals surface area contributed by atoms with Gasteiger partial charge >= 0.3 is 5.97 Å². The van der Waals surface area contributed by atoms with Crippen molar-refractivity contribution in [2.45, 2.75) is 38.6 Å². The first-order valence-corrected chi connectivity index (χ1v) is 12.2. The Morgan fingerprint density at radius 1 is 1.16 bits per heavy atom. The van der Waals surface area contributed by atoms with Gasteiger partial charge in [0, 0.05) is 49.1 Å². The minimum absolute atomic E-state index is 0.123. The second kappa shape index (κ2) is 9.96. The number of aryl methyl sites for hydroxylation is 1. The lowest BCUT2D eigenvalue weighted by Gasteiger charge is -2.27. The Kier molecular flexibility index (Phi) is 6.56. The third-order valence-electron chi connectivity index (χ3n) is 6.65. The fourth-order valence-corrected chi connectivity index (χ4v) is 4.71. The Hall–Kier alpha value is -4.34. The first-order valence-electron chi connectivity index (χ1n) is 12.2. The van der Waals surface area contributed by atoms with Crippen molar-refractivity contribution in [3.63, 3.8) is 0 Å². The lowest BCUT2D eigenvalue weighted by Crippen LogP contribution is -2.38. The zero-order valence-corrected chi connectivity index (χ0v) is 20.6. The summed E-state index contributed by atoms with van der Waals surface area (Å²) in [7, 11) is 1.80. The number of likely N-dealkylation sites (tertiary alicyclic amines) is 1.